The highest BCUT2D eigenvalue weighted by atomic mass is 16.5. The molecule has 0 aliphatic heterocycles. The van der Waals surface area contributed by atoms with Crippen LogP contribution in [0.3, 0.4) is 0 Å². The van der Waals surface area contributed by atoms with Crippen LogP contribution in [-0.2, 0) is 9.53 Å². The maximum Gasteiger partial charge on any atom is 0.407 e. The van der Waals surface area contributed by atoms with E-state index in [1.807, 2.05) is 24.3 Å². The fourth-order valence-electron chi connectivity index (χ4n) is 5.39. The van der Waals surface area contributed by atoms with Crippen LogP contribution in [0.15, 0.2) is 48.5 Å². The molecule has 144 valence electrons. The third kappa shape index (κ3) is 2.77. The molecule has 3 aliphatic carbocycles. The number of hydrogen-bond acceptors (Lipinski definition) is 3. The van der Waals surface area contributed by atoms with Crippen molar-refractivity contribution in [1.29, 1.82) is 0 Å². The smallest absolute Gasteiger partial charge is 0.407 e. The highest BCUT2D eigenvalue weighted by Crippen LogP contribution is 2.58. The number of alkyl carbamates (subject to hydrolysis) is 1. The normalized spacial score (nSPS) is 27.3. The first-order valence-corrected chi connectivity index (χ1v) is 9.89. The molecular weight excluding hydrogens is 354 g/mol. The molecule has 2 aromatic carbocycles. The summed E-state index contributed by atoms with van der Waals surface area (Å²) in [6.45, 7) is 0.318. The van der Waals surface area contributed by atoms with E-state index in [0.717, 1.165) is 25.7 Å². The molecule has 28 heavy (non-hydrogen) atoms. The van der Waals surface area contributed by atoms with Crippen LogP contribution in [0.1, 0.15) is 42.7 Å². The molecule has 0 atom stereocenters. The van der Waals surface area contributed by atoms with Crippen LogP contribution in [0.5, 0.6) is 0 Å². The molecule has 3 aliphatic rings. The minimum Gasteiger partial charge on any atom is -0.481 e. The summed E-state index contributed by atoms with van der Waals surface area (Å²) in [5, 5.41) is 12.0. The summed E-state index contributed by atoms with van der Waals surface area (Å²) < 4.78 is 5.58. The average Bonchev–Trinajstić information content (AvgIpc) is 2.94. The summed E-state index contributed by atoms with van der Waals surface area (Å²) in [5.74, 6) is -0.831. The first kappa shape index (κ1) is 17.3. The average molecular weight is 377 g/mol. The number of benzene rings is 2. The van der Waals surface area contributed by atoms with Gasteiger partial charge in [0.25, 0.3) is 0 Å². The Hall–Kier alpha value is -2.82. The maximum atomic E-state index is 12.3. The predicted octanol–water partition coefficient (Wildman–Crippen LogP) is 4.17. The lowest BCUT2D eigenvalue weighted by Crippen LogP contribution is -2.57. The minimum absolute atomic E-state index is 0.0637. The van der Waals surface area contributed by atoms with Gasteiger partial charge in [-0.1, -0.05) is 48.5 Å². The van der Waals surface area contributed by atoms with Crippen molar-refractivity contribution in [2.45, 2.75) is 37.6 Å². The first-order chi connectivity index (χ1) is 13.5. The van der Waals surface area contributed by atoms with E-state index < -0.39 is 5.97 Å². The van der Waals surface area contributed by atoms with E-state index in [9.17, 15) is 9.59 Å². The number of amides is 1. The molecule has 0 aromatic heterocycles. The molecular formula is C23H23NO4. The number of aliphatic carboxylic acids is 1. The van der Waals surface area contributed by atoms with Gasteiger partial charge in [-0.2, -0.15) is 0 Å². The van der Waals surface area contributed by atoms with Gasteiger partial charge in [0, 0.05) is 12.0 Å². The van der Waals surface area contributed by atoms with Crippen LogP contribution < -0.4 is 5.32 Å². The number of carbonyl (C=O) groups excluding carboxylic acids is 1. The van der Waals surface area contributed by atoms with Gasteiger partial charge >= 0.3 is 12.1 Å². The molecule has 2 aromatic rings. The summed E-state index contributed by atoms with van der Waals surface area (Å²) in [6.07, 6.45) is 2.83. The highest BCUT2D eigenvalue weighted by Gasteiger charge is 2.55. The van der Waals surface area contributed by atoms with Crippen molar-refractivity contribution in [3.05, 3.63) is 59.7 Å². The van der Waals surface area contributed by atoms with E-state index in [2.05, 4.69) is 29.6 Å². The number of ether oxygens (including phenoxy) is 1. The number of carbonyl (C=O) groups is 2. The van der Waals surface area contributed by atoms with Crippen LogP contribution >= 0.6 is 0 Å². The second kappa shape index (κ2) is 6.36. The Morgan fingerprint density at radius 3 is 2.11 bits per heavy atom. The molecule has 0 saturated heterocycles. The van der Waals surface area contributed by atoms with Gasteiger partial charge in [-0.3, -0.25) is 4.79 Å². The van der Waals surface area contributed by atoms with Gasteiger partial charge in [0.2, 0.25) is 0 Å². The second-order valence-corrected chi connectivity index (χ2v) is 8.52. The first-order valence-electron chi connectivity index (χ1n) is 9.89. The van der Waals surface area contributed by atoms with E-state index in [0.29, 0.717) is 6.61 Å². The third-order valence-corrected chi connectivity index (χ3v) is 6.73. The molecule has 5 rings (SSSR count). The largest absolute Gasteiger partial charge is 0.481 e. The van der Waals surface area contributed by atoms with Gasteiger partial charge in [0.15, 0.2) is 0 Å². The Balaban J connectivity index is 1.17. The zero-order chi connectivity index (χ0) is 19.3. The van der Waals surface area contributed by atoms with Gasteiger partial charge in [0.1, 0.15) is 6.61 Å². The van der Waals surface area contributed by atoms with Crippen molar-refractivity contribution in [1.82, 2.24) is 5.32 Å². The summed E-state index contributed by atoms with van der Waals surface area (Å²) in [5.41, 5.74) is 4.98. The fourth-order valence-corrected chi connectivity index (χ4v) is 5.39. The molecule has 5 nitrogen and oxygen atoms in total. The molecule has 2 saturated carbocycles. The number of carboxylic acid groups (broad SMARTS) is 1. The van der Waals surface area contributed by atoms with Gasteiger partial charge in [0.05, 0.1) is 5.92 Å². The Morgan fingerprint density at radius 1 is 0.964 bits per heavy atom. The summed E-state index contributed by atoms with van der Waals surface area (Å²) >= 11 is 0. The summed E-state index contributed by atoms with van der Waals surface area (Å²) in [6, 6.07) is 16.7. The predicted molar refractivity (Wildman–Crippen MR) is 104 cm³/mol. The van der Waals surface area contributed by atoms with E-state index in [4.69, 9.17) is 9.84 Å². The molecule has 0 radical (unpaired) electrons. The Bertz CT molecular complexity index is 894. The lowest BCUT2D eigenvalue weighted by molar-refractivity contribution is -0.155. The van der Waals surface area contributed by atoms with E-state index in [1.54, 1.807) is 0 Å². The molecule has 2 N–H and O–H groups in total. The SMILES string of the molecule is O=C(NC1CC2(C1)CC(C(=O)O)C2)OCC1c2ccccc2-c2ccccc21. The Labute approximate surface area is 163 Å². The van der Waals surface area contributed by atoms with Gasteiger partial charge in [-0.15, -0.1) is 0 Å². The molecule has 1 amide bonds. The number of carboxylic acids is 1. The second-order valence-electron chi connectivity index (χ2n) is 8.52. The van der Waals surface area contributed by atoms with E-state index in [1.165, 1.54) is 22.3 Å². The van der Waals surface area contributed by atoms with Crippen molar-refractivity contribution < 1.29 is 19.4 Å². The quantitative estimate of drug-likeness (QED) is 0.839. The van der Waals surface area contributed by atoms with E-state index >= 15 is 0 Å². The Kier molecular flexibility index (Phi) is 3.93. The molecule has 0 heterocycles. The van der Waals surface area contributed by atoms with Crippen LogP contribution in [0.25, 0.3) is 11.1 Å². The van der Waals surface area contributed by atoms with Gasteiger partial charge < -0.3 is 15.2 Å². The van der Waals surface area contributed by atoms with Crippen molar-refractivity contribution in [3.8, 4) is 11.1 Å². The topological polar surface area (TPSA) is 75.6 Å². The number of hydrogen-bond donors (Lipinski definition) is 2. The standard InChI is InChI=1S/C23H23NO4/c25-21(26)14-9-23(10-14)11-15(12-23)24-22(27)28-13-20-18-7-3-1-5-16(18)17-6-2-4-8-19(17)20/h1-8,14-15,20H,9-13H2,(H,24,27)(H,25,26). The molecule has 1 spiro atoms. The lowest BCUT2D eigenvalue weighted by atomic mass is 9.50. The van der Waals surface area contributed by atoms with Crippen LogP contribution in [-0.4, -0.2) is 29.8 Å². The molecule has 0 bridgehead atoms. The summed E-state index contributed by atoms with van der Waals surface area (Å²) in [7, 11) is 0. The van der Waals surface area contributed by atoms with Crippen molar-refractivity contribution >= 4 is 12.1 Å². The van der Waals surface area contributed by atoms with Crippen LogP contribution in [0, 0.1) is 11.3 Å². The van der Waals surface area contributed by atoms with Gasteiger partial charge in [-0.05, 0) is 53.4 Å². The Morgan fingerprint density at radius 2 is 1.54 bits per heavy atom. The lowest BCUT2D eigenvalue weighted by Gasteiger charge is -2.56. The maximum absolute atomic E-state index is 12.3. The van der Waals surface area contributed by atoms with Crippen molar-refractivity contribution in [2.75, 3.05) is 6.61 Å². The zero-order valence-corrected chi connectivity index (χ0v) is 15.6. The highest BCUT2D eigenvalue weighted by molar-refractivity contribution is 5.79. The van der Waals surface area contributed by atoms with Crippen molar-refractivity contribution in [3.63, 3.8) is 0 Å². The monoisotopic (exact) mass is 377 g/mol. The van der Waals surface area contributed by atoms with Gasteiger partial charge in [-0.25, -0.2) is 4.79 Å². The summed E-state index contributed by atoms with van der Waals surface area (Å²) in [4.78, 5) is 23.3. The van der Waals surface area contributed by atoms with Crippen LogP contribution in [0.4, 0.5) is 4.79 Å². The van der Waals surface area contributed by atoms with E-state index in [-0.39, 0.29) is 29.4 Å². The van der Waals surface area contributed by atoms with Crippen molar-refractivity contribution in [2.24, 2.45) is 11.3 Å². The zero-order valence-electron chi connectivity index (χ0n) is 15.6. The number of rotatable bonds is 4. The number of nitrogens with one attached hydrogen (secondary N) is 1. The van der Waals surface area contributed by atoms with Crippen LogP contribution in [0.2, 0.25) is 0 Å². The molecule has 5 heteroatoms. The third-order valence-electron chi connectivity index (χ3n) is 6.73. The minimum atomic E-state index is -0.696. The number of fused-ring (bicyclic) bond motifs is 3. The molecule has 2 fully saturated rings. The fraction of sp³-hybridized carbons (Fsp3) is 0.391. The molecule has 0 unspecified atom stereocenters.